The Kier molecular flexibility index (Phi) is 2.32. The molecule has 0 saturated carbocycles. The molecule has 1 atom stereocenters. The van der Waals surface area contributed by atoms with Crippen molar-refractivity contribution in [1.82, 2.24) is 4.98 Å². The Labute approximate surface area is 67.2 Å². The van der Waals surface area contributed by atoms with E-state index in [4.69, 9.17) is 5.73 Å². The van der Waals surface area contributed by atoms with E-state index in [-0.39, 0.29) is 5.56 Å². The zero-order chi connectivity index (χ0) is 9.30. The fourth-order valence-electron chi connectivity index (χ4n) is 0.817. The van der Waals surface area contributed by atoms with E-state index >= 15 is 0 Å². The molecular formula is C7H7F3N2. The molecule has 5 heteroatoms. The number of rotatable bonds is 1. The fraction of sp³-hybridized carbons (Fsp3) is 0.286. The van der Waals surface area contributed by atoms with E-state index in [1.54, 1.807) is 0 Å². The lowest BCUT2D eigenvalue weighted by Crippen LogP contribution is -2.10. The van der Waals surface area contributed by atoms with Gasteiger partial charge >= 0.3 is 0 Å². The van der Waals surface area contributed by atoms with E-state index in [0.29, 0.717) is 0 Å². The molecular weight excluding hydrogens is 169 g/mol. The molecule has 2 nitrogen and oxygen atoms in total. The number of pyridine rings is 1. The molecule has 0 aliphatic heterocycles. The van der Waals surface area contributed by atoms with Gasteiger partial charge in [0.25, 0.3) is 5.95 Å². The third-order valence-electron chi connectivity index (χ3n) is 1.40. The lowest BCUT2D eigenvalue weighted by atomic mass is 10.1. The summed E-state index contributed by atoms with van der Waals surface area (Å²) in [5.41, 5.74) is 5.04. The molecule has 0 bridgehead atoms. The van der Waals surface area contributed by atoms with E-state index < -0.39 is 23.8 Å². The molecule has 0 saturated heterocycles. The van der Waals surface area contributed by atoms with Crippen LogP contribution in [0.25, 0.3) is 0 Å². The van der Waals surface area contributed by atoms with Gasteiger partial charge < -0.3 is 5.73 Å². The van der Waals surface area contributed by atoms with Crippen LogP contribution in [0.2, 0.25) is 0 Å². The van der Waals surface area contributed by atoms with E-state index in [2.05, 4.69) is 4.98 Å². The van der Waals surface area contributed by atoms with Crippen LogP contribution in [0.5, 0.6) is 0 Å². The van der Waals surface area contributed by atoms with Crippen LogP contribution in [0, 0.1) is 17.7 Å². The number of hydrogen-bond acceptors (Lipinski definition) is 2. The van der Waals surface area contributed by atoms with E-state index in [9.17, 15) is 13.2 Å². The van der Waals surface area contributed by atoms with Crippen molar-refractivity contribution in [3.05, 3.63) is 29.3 Å². The number of halogens is 3. The first-order chi connectivity index (χ1) is 5.52. The first kappa shape index (κ1) is 8.99. The number of nitrogens with zero attached hydrogens (tertiary/aromatic N) is 1. The molecule has 1 aromatic heterocycles. The van der Waals surface area contributed by atoms with Crippen LogP contribution in [-0.4, -0.2) is 4.98 Å². The molecule has 0 radical (unpaired) electrons. The molecule has 2 N–H and O–H groups in total. The average Bonchev–Trinajstić information content (AvgIpc) is 1.96. The van der Waals surface area contributed by atoms with Crippen molar-refractivity contribution in [2.45, 2.75) is 13.0 Å². The standard InChI is InChI=1S/C7H7F3N2/c1-3(11)4-2-5(8)12-7(10)6(4)9/h2-3H,11H2,1H3/t3-/m1/s1. The van der Waals surface area contributed by atoms with Gasteiger partial charge in [0.15, 0.2) is 5.82 Å². The third-order valence-corrected chi connectivity index (χ3v) is 1.40. The van der Waals surface area contributed by atoms with Gasteiger partial charge in [-0.1, -0.05) is 0 Å². The first-order valence-corrected chi connectivity index (χ1v) is 3.29. The van der Waals surface area contributed by atoms with Crippen LogP contribution >= 0.6 is 0 Å². The Hall–Kier alpha value is -1.10. The number of hydrogen-bond donors (Lipinski definition) is 1. The van der Waals surface area contributed by atoms with Gasteiger partial charge in [0, 0.05) is 17.7 Å². The largest absolute Gasteiger partial charge is 0.324 e. The summed E-state index contributed by atoms with van der Waals surface area (Å²) < 4.78 is 37.6. The summed E-state index contributed by atoms with van der Waals surface area (Å²) in [4.78, 5) is 2.65. The number of nitrogens with two attached hydrogens (primary N) is 1. The minimum absolute atomic E-state index is 0.208. The lowest BCUT2D eigenvalue weighted by Gasteiger charge is -2.06. The van der Waals surface area contributed by atoms with E-state index in [1.807, 2.05) is 0 Å². The summed E-state index contributed by atoms with van der Waals surface area (Å²) in [6.45, 7) is 1.43. The normalized spacial score (nSPS) is 13.1. The summed E-state index contributed by atoms with van der Waals surface area (Å²) in [7, 11) is 0. The quantitative estimate of drug-likeness (QED) is 0.659. The topological polar surface area (TPSA) is 38.9 Å². The van der Waals surface area contributed by atoms with Crippen LogP contribution in [0.3, 0.4) is 0 Å². The van der Waals surface area contributed by atoms with E-state index in [1.165, 1.54) is 6.92 Å². The molecule has 0 unspecified atom stereocenters. The maximum Gasteiger partial charge on any atom is 0.251 e. The van der Waals surface area contributed by atoms with Crippen LogP contribution in [0.4, 0.5) is 13.2 Å². The molecule has 1 rings (SSSR count). The van der Waals surface area contributed by atoms with Crippen molar-refractivity contribution in [2.75, 3.05) is 0 Å². The predicted molar refractivity (Wildman–Crippen MR) is 36.7 cm³/mol. The summed E-state index contributed by atoms with van der Waals surface area (Å²) in [6, 6.07) is 0.0281. The SMILES string of the molecule is C[C@@H](N)c1cc(F)nc(F)c1F. The minimum Gasteiger partial charge on any atom is -0.324 e. The molecule has 0 amide bonds. The predicted octanol–water partition coefficient (Wildman–Crippen LogP) is 1.52. The second-order valence-corrected chi connectivity index (χ2v) is 2.43. The Morgan fingerprint density at radius 1 is 1.42 bits per heavy atom. The Morgan fingerprint density at radius 2 is 2.00 bits per heavy atom. The molecule has 0 fully saturated rings. The first-order valence-electron chi connectivity index (χ1n) is 3.29. The summed E-state index contributed by atoms with van der Waals surface area (Å²) in [5, 5.41) is 0. The van der Waals surface area contributed by atoms with Crippen molar-refractivity contribution in [2.24, 2.45) is 5.73 Å². The molecule has 0 aliphatic carbocycles. The molecule has 12 heavy (non-hydrogen) atoms. The number of aromatic nitrogens is 1. The van der Waals surface area contributed by atoms with Gasteiger partial charge in [-0.05, 0) is 6.92 Å². The Balaban J connectivity index is 3.28. The lowest BCUT2D eigenvalue weighted by molar-refractivity contribution is 0.434. The van der Waals surface area contributed by atoms with Gasteiger partial charge in [-0.3, -0.25) is 0 Å². The monoisotopic (exact) mass is 176 g/mol. The van der Waals surface area contributed by atoms with Crippen LogP contribution in [0.1, 0.15) is 18.5 Å². The highest BCUT2D eigenvalue weighted by Crippen LogP contribution is 2.16. The molecule has 0 aromatic carbocycles. The highest BCUT2D eigenvalue weighted by atomic mass is 19.2. The maximum absolute atomic E-state index is 12.7. The maximum atomic E-state index is 12.7. The Bertz CT molecular complexity index is 299. The van der Waals surface area contributed by atoms with E-state index in [0.717, 1.165) is 6.07 Å². The van der Waals surface area contributed by atoms with Crippen LogP contribution in [0.15, 0.2) is 6.07 Å². The van der Waals surface area contributed by atoms with Gasteiger partial charge in [-0.25, -0.2) is 4.39 Å². The highest BCUT2D eigenvalue weighted by Gasteiger charge is 2.14. The van der Waals surface area contributed by atoms with Gasteiger partial charge in [0.05, 0.1) is 0 Å². The minimum atomic E-state index is -1.46. The summed E-state index contributed by atoms with van der Waals surface area (Å²) >= 11 is 0. The molecule has 0 aliphatic rings. The second-order valence-electron chi connectivity index (χ2n) is 2.43. The summed E-state index contributed by atoms with van der Waals surface area (Å²) in [5.74, 6) is -3.71. The molecule has 1 heterocycles. The molecule has 0 spiro atoms. The average molecular weight is 176 g/mol. The van der Waals surface area contributed by atoms with Gasteiger partial charge in [0.1, 0.15) is 0 Å². The summed E-state index contributed by atoms with van der Waals surface area (Å²) in [6.07, 6.45) is 0. The van der Waals surface area contributed by atoms with Crippen molar-refractivity contribution >= 4 is 0 Å². The molecule has 66 valence electrons. The third kappa shape index (κ3) is 1.55. The van der Waals surface area contributed by atoms with Crippen LogP contribution < -0.4 is 5.73 Å². The van der Waals surface area contributed by atoms with Gasteiger partial charge in [-0.2, -0.15) is 13.8 Å². The highest BCUT2D eigenvalue weighted by molar-refractivity contribution is 5.17. The fourth-order valence-corrected chi connectivity index (χ4v) is 0.817. The zero-order valence-corrected chi connectivity index (χ0v) is 6.31. The zero-order valence-electron chi connectivity index (χ0n) is 6.31. The van der Waals surface area contributed by atoms with Gasteiger partial charge in [0.2, 0.25) is 5.95 Å². The van der Waals surface area contributed by atoms with Crippen molar-refractivity contribution < 1.29 is 13.2 Å². The smallest absolute Gasteiger partial charge is 0.251 e. The second kappa shape index (κ2) is 3.10. The van der Waals surface area contributed by atoms with Crippen molar-refractivity contribution in [1.29, 1.82) is 0 Å². The van der Waals surface area contributed by atoms with Crippen molar-refractivity contribution in [3.8, 4) is 0 Å². The van der Waals surface area contributed by atoms with Crippen molar-refractivity contribution in [3.63, 3.8) is 0 Å². The molecule has 1 aromatic rings. The van der Waals surface area contributed by atoms with Crippen LogP contribution in [-0.2, 0) is 0 Å². The van der Waals surface area contributed by atoms with Gasteiger partial charge in [-0.15, -0.1) is 0 Å². The Morgan fingerprint density at radius 3 is 2.50 bits per heavy atom.